The zero-order valence-corrected chi connectivity index (χ0v) is 15.4. The van der Waals surface area contributed by atoms with E-state index in [1.807, 2.05) is 19.1 Å². The fraction of sp³-hybridized carbons (Fsp3) is 0.133. The van der Waals surface area contributed by atoms with Crippen molar-refractivity contribution in [3.05, 3.63) is 56.8 Å². The largest absolute Gasteiger partial charge is 0.319 e. The third-order valence-corrected chi connectivity index (χ3v) is 6.31. The van der Waals surface area contributed by atoms with Crippen LogP contribution in [0.25, 0.3) is 10.2 Å². The van der Waals surface area contributed by atoms with E-state index in [-0.39, 0.29) is 4.90 Å². The maximum Gasteiger partial charge on any atom is 0.285 e. The molecule has 0 bridgehead atoms. The molecule has 0 aliphatic heterocycles. The van der Waals surface area contributed by atoms with Crippen LogP contribution in [0.1, 0.15) is 5.56 Å². The number of aryl methyl sites for hydroxylation is 2. The van der Waals surface area contributed by atoms with Crippen LogP contribution in [0.3, 0.4) is 0 Å². The van der Waals surface area contributed by atoms with E-state index in [2.05, 4.69) is 4.40 Å². The lowest BCUT2D eigenvalue weighted by Crippen LogP contribution is -2.14. The van der Waals surface area contributed by atoms with Crippen LogP contribution >= 0.6 is 34.5 Å². The van der Waals surface area contributed by atoms with Crippen molar-refractivity contribution in [2.75, 3.05) is 0 Å². The molecule has 0 radical (unpaired) electrons. The van der Waals surface area contributed by atoms with Crippen LogP contribution in [-0.2, 0) is 17.1 Å². The normalized spacial score (nSPS) is 13.0. The number of sulfonamides is 1. The van der Waals surface area contributed by atoms with Crippen molar-refractivity contribution >= 4 is 54.8 Å². The maximum absolute atomic E-state index is 12.5. The highest BCUT2D eigenvalue weighted by molar-refractivity contribution is 7.90. The monoisotopic (exact) mass is 386 g/mol. The molecule has 0 unspecified atom stereocenters. The molecule has 3 rings (SSSR count). The van der Waals surface area contributed by atoms with Gasteiger partial charge in [-0.15, -0.1) is 4.40 Å². The second kappa shape index (κ2) is 5.94. The van der Waals surface area contributed by atoms with Crippen LogP contribution in [0.15, 0.2) is 45.7 Å². The smallest absolute Gasteiger partial charge is 0.285 e. The third-order valence-electron chi connectivity index (χ3n) is 3.36. The standard InChI is InChI=1S/C15H12Cl2N2O2S2/c1-9-7-11(17)8-13-14(9)19(2)15(22-13)18-23(20,21)12-5-3-10(16)4-6-12/h3-8H,1-2H3. The summed E-state index contributed by atoms with van der Waals surface area (Å²) in [6.45, 7) is 1.93. The second-order valence-electron chi connectivity index (χ2n) is 5.03. The fourth-order valence-corrected chi connectivity index (χ4v) is 5.14. The zero-order chi connectivity index (χ0) is 16.8. The van der Waals surface area contributed by atoms with Crippen molar-refractivity contribution in [2.45, 2.75) is 11.8 Å². The van der Waals surface area contributed by atoms with Crippen LogP contribution in [-0.4, -0.2) is 13.0 Å². The van der Waals surface area contributed by atoms with Crippen molar-refractivity contribution in [2.24, 2.45) is 11.4 Å². The van der Waals surface area contributed by atoms with Gasteiger partial charge in [0.15, 0.2) is 0 Å². The minimum Gasteiger partial charge on any atom is -0.319 e. The quantitative estimate of drug-likeness (QED) is 0.664. The van der Waals surface area contributed by atoms with Gasteiger partial charge in [0.2, 0.25) is 4.80 Å². The zero-order valence-electron chi connectivity index (χ0n) is 12.2. The average Bonchev–Trinajstić information content (AvgIpc) is 2.75. The van der Waals surface area contributed by atoms with Crippen LogP contribution in [0.5, 0.6) is 0 Å². The summed E-state index contributed by atoms with van der Waals surface area (Å²) in [7, 11) is -2.01. The fourth-order valence-electron chi connectivity index (χ4n) is 2.32. The number of fused-ring (bicyclic) bond motifs is 1. The molecular formula is C15H12Cl2N2O2S2. The average molecular weight is 387 g/mol. The molecule has 0 N–H and O–H groups in total. The predicted octanol–water partition coefficient (Wildman–Crippen LogP) is 4.14. The molecule has 0 fully saturated rings. The van der Waals surface area contributed by atoms with E-state index in [0.29, 0.717) is 14.8 Å². The highest BCUT2D eigenvalue weighted by Gasteiger charge is 2.14. The Bertz CT molecular complexity index is 1070. The maximum atomic E-state index is 12.5. The predicted molar refractivity (Wildman–Crippen MR) is 94.7 cm³/mol. The molecule has 8 heteroatoms. The molecule has 2 aromatic carbocycles. The lowest BCUT2D eigenvalue weighted by Gasteiger charge is -2.01. The molecular weight excluding hydrogens is 375 g/mol. The van der Waals surface area contributed by atoms with Gasteiger partial charge in [-0.1, -0.05) is 34.5 Å². The second-order valence-corrected chi connectivity index (χ2v) is 8.52. The lowest BCUT2D eigenvalue weighted by molar-refractivity contribution is 0.596. The summed E-state index contributed by atoms with van der Waals surface area (Å²) in [5.74, 6) is 0. The summed E-state index contributed by atoms with van der Waals surface area (Å²) >= 11 is 13.1. The Kier molecular flexibility index (Phi) is 4.27. The highest BCUT2D eigenvalue weighted by atomic mass is 35.5. The number of nitrogens with zero attached hydrogens (tertiary/aromatic N) is 2. The van der Waals surface area contributed by atoms with Crippen molar-refractivity contribution < 1.29 is 8.42 Å². The minimum absolute atomic E-state index is 0.106. The van der Waals surface area contributed by atoms with Gasteiger partial charge in [0, 0.05) is 17.1 Å². The van der Waals surface area contributed by atoms with E-state index >= 15 is 0 Å². The van der Waals surface area contributed by atoms with Crippen LogP contribution < -0.4 is 4.80 Å². The summed E-state index contributed by atoms with van der Waals surface area (Å²) in [5, 5.41) is 1.09. The molecule has 23 heavy (non-hydrogen) atoms. The summed E-state index contributed by atoms with van der Waals surface area (Å²) in [5.41, 5.74) is 1.89. The molecule has 4 nitrogen and oxygen atoms in total. The molecule has 0 aliphatic carbocycles. The Labute approximate surface area is 147 Å². The molecule has 3 aromatic rings. The molecule has 1 heterocycles. The SMILES string of the molecule is Cc1cc(Cl)cc2sc(=NS(=O)(=O)c3ccc(Cl)cc3)n(C)c12. The van der Waals surface area contributed by atoms with E-state index in [0.717, 1.165) is 15.8 Å². The van der Waals surface area contributed by atoms with Crippen molar-refractivity contribution in [1.29, 1.82) is 0 Å². The van der Waals surface area contributed by atoms with Gasteiger partial charge in [-0.2, -0.15) is 8.42 Å². The molecule has 0 spiro atoms. The molecule has 0 atom stereocenters. The number of halogens is 2. The van der Waals surface area contributed by atoms with Gasteiger partial charge in [-0.25, -0.2) is 0 Å². The van der Waals surface area contributed by atoms with E-state index in [1.165, 1.54) is 35.6 Å². The van der Waals surface area contributed by atoms with Gasteiger partial charge in [-0.3, -0.25) is 0 Å². The van der Waals surface area contributed by atoms with E-state index < -0.39 is 10.0 Å². The van der Waals surface area contributed by atoms with Gasteiger partial charge in [0.25, 0.3) is 10.0 Å². The van der Waals surface area contributed by atoms with Crippen LogP contribution in [0.2, 0.25) is 10.0 Å². The number of benzene rings is 2. The first-order valence-electron chi connectivity index (χ1n) is 6.60. The molecule has 120 valence electrons. The summed E-state index contributed by atoms with van der Waals surface area (Å²) < 4.78 is 31.5. The summed E-state index contributed by atoms with van der Waals surface area (Å²) in [4.78, 5) is 0.495. The van der Waals surface area contributed by atoms with Gasteiger partial charge in [0.1, 0.15) is 0 Å². The van der Waals surface area contributed by atoms with Gasteiger partial charge < -0.3 is 4.57 Å². The number of thiazole rings is 1. The Balaban J connectivity index is 2.23. The number of hydrogen-bond acceptors (Lipinski definition) is 3. The highest BCUT2D eigenvalue weighted by Crippen LogP contribution is 2.25. The Hall–Kier alpha value is -1.34. The lowest BCUT2D eigenvalue weighted by atomic mass is 10.2. The van der Waals surface area contributed by atoms with E-state index in [1.54, 1.807) is 11.6 Å². The van der Waals surface area contributed by atoms with Gasteiger partial charge >= 0.3 is 0 Å². The number of rotatable bonds is 2. The summed E-state index contributed by atoms with van der Waals surface area (Å²) in [6, 6.07) is 9.58. The van der Waals surface area contributed by atoms with Gasteiger partial charge in [-0.05, 0) is 48.9 Å². The van der Waals surface area contributed by atoms with Crippen molar-refractivity contribution in [3.63, 3.8) is 0 Å². The molecule has 0 saturated carbocycles. The third kappa shape index (κ3) is 3.17. The topological polar surface area (TPSA) is 51.4 Å². The van der Waals surface area contributed by atoms with Crippen molar-refractivity contribution in [3.8, 4) is 0 Å². The number of aromatic nitrogens is 1. The van der Waals surface area contributed by atoms with Gasteiger partial charge in [0.05, 0.1) is 15.1 Å². The molecule has 0 aliphatic rings. The first kappa shape index (κ1) is 16.5. The van der Waals surface area contributed by atoms with Crippen LogP contribution in [0, 0.1) is 6.92 Å². The minimum atomic E-state index is -3.80. The number of hydrogen-bond donors (Lipinski definition) is 0. The Morgan fingerprint density at radius 2 is 1.74 bits per heavy atom. The molecule has 0 saturated heterocycles. The Morgan fingerprint density at radius 3 is 2.39 bits per heavy atom. The van der Waals surface area contributed by atoms with Crippen molar-refractivity contribution in [1.82, 2.24) is 4.57 Å². The van der Waals surface area contributed by atoms with E-state index in [4.69, 9.17) is 23.2 Å². The first-order valence-corrected chi connectivity index (χ1v) is 9.61. The Morgan fingerprint density at radius 1 is 1.09 bits per heavy atom. The summed E-state index contributed by atoms with van der Waals surface area (Å²) in [6.07, 6.45) is 0. The molecule has 1 aromatic heterocycles. The first-order chi connectivity index (χ1) is 10.8. The van der Waals surface area contributed by atoms with E-state index in [9.17, 15) is 8.42 Å². The molecule has 0 amide bonds. The van der Waals surface area contributed by atoms with Crippen LogP contribution in [0.4, 0.5) is 0 Å².